The molecule has 1 aromatic heterocycles. The Morgan fingerprint density at radius 3 is 2.32 bits per heavy atom. The van der Waals surface area contributed by atoms with E-state index in [0.717, 1.165) is 23.4 Å². The molecule has 0 bridgehead atoms. The number of rotatable bonds is 5. The van der Waals surface area contributed by atoms with Gasteiger partial charge >= 0.3 is 6.18 Å². The monoisotopic (exact) mass is 440 g/mol. The van der Waals surface area contributed by atoms with E-state index >= 15 is 0 Å². The zero-order chi connectivity index (χ0) is 21.8. The summed E-state index contributed by atoms with van der Waals surface area (Å²) < 4.78 is 44.3. The highest BCUT2D eigenvalue weighted by molar-refractivity contribution is 7.14. The van der Waals surface area contributed by atoms with E-state index in [1.165, 1.54) is 23.5 Å². The van der Waals surface area contributed by atoms with Crippen molar-refractivity contribution in [3.8, 4) is 22.8 Å². The van der Waals surface area contributed by atoms with Gasteiger partial charge in [0.05, 0.1) is 11.3 Å². The lowest BCUT2D eigenvalue weighted by molar-refractivity contribution is -0.137. The molecule has 0 fully saturated rings. The number of anilines is 1. The van der Waals surface area contributed by atoms with Crippen molar-refractivity contribution in [2.45, 2.75) is 6.18 Å². The molecule has 0 unspecified atom stereocenters. The van der Waals surface area contributed by atoms with Crippen molar-refractivity contribution < 1.29 is 22.7 Å². The molecule has 31 heavy (non-hydrogen) atoms. The number of para-hydroxylation sites is 1. The molecule has 0 spiro atoms. The van der Waals surface area contributed by atoms with Crippen LogP contribution in [0.4, 0.5) is 18.3 Å². The molecule has 1 amide bonds. The molecule has 0 saturated heterocycles. The van der Waals surface area contributed by atoms with E-state index in [0.29, 0.717) is 16.6 Å². The van der Waals surface area contributed by atoms with Gasteiger partial charge in [0.15, 0.2) is 5.13 Å². The molecule has 0 aliphatic carbocycles. The predicted molar refractivity (Wildman–Crippen MR) is 113 cm³/mol. The average molecular weight is 440 g/mol. The number of hydrogen-bond donors (Lipinski definition) is 1. The molecule has 3 aromatic carbocycles. The highest BCUT2D eigenvalue weighted by Crippen LogP contribution is 2.31. The Bertz CT molecular complexity index is 1190. The molecule has 0 atom stereocenters. The van der Waals surface area contributed by atoms with Gasteiger partial charge < -0.3 is 4.74 Å². The second-order valence-electron chi connectivity index (χ2n) is 6.51. The fourth-order valence-electron chi connectivity index (χ4n) is 2.79. The number of hydrogen-bond acceptors (Lipinski definition) is 4. The second-order valence-corrected chi connectivity index (χ2v) is 7.37. The van der Waals surface area contributed by atoms with Gasteiger partial charge in [-0.25, -0.2) is 4.98 Å². The van der Waals surface area contributed by atoms with E-state index in [2.05, 4.69) is 10.3 Å². The lowest BCUT2D eigenvalue weighted by atomic mass is 10.1. The van der Waals surface area contributed by atoms with Gasteiger partial charge in [-0.3, -0.25) is 10.1 Å². The molecule has 4 aromatic rings. The minimum atomic E-state index is -4.51. The van der Waals surface area contributed by atoms with E-state index < -0.39 is 17.6 Å². The van der Waals surface area contributed by atoms with E-state index in [9.17, 15) is 18.0 Å². The van der Waals surface area contributed by atoms with E-state index in [-0.39, 0.29) is 5.56 Å². The summed E-state index contributed by atoms with van der Waals surface area (Å²) >= 11 is 1.19. The third kappa shape index (κ3) is 5.10. The van der Waals surface area contributed by atoms with Crippen LogP contribution in [0.3, 0.4) is 0 Å². The van der Waals surface area contributed by atoms with Gasteiger partial charge in [-0.05, 0) is 54.6 Å². The minimum absolute atomic E-state index is 0.0889. The van der Waals surface area contributed by atoms with Crippen molar-refractivity contribution in [2.75, 3.05) is 5.32 Å². The summed E-state index contributed by atoms with van der Waals surface area (Å²) in [6.45, 7) is 0. The fourth-order valence-corrected chi connectivity index (χ4v) is 3.50. The maximum atomic E-state index is 12.8. The largest absolute Gasteiger partial charge is 0.457 e. The lowest BCUT2D eigenvalue weighted by Gasteiger charge is -2.08. The first-order chi connectivity index (χ1) is 14.9. The Hall–Kier alpha value is -3.65. The Labute approximate surface area is 180 Å². The van der Waals surface area contributed by atoms with Crippen molar-refractivity contribution in [3.05, 3.63) is 95.4 Å². The van der Waals surface area contributed by atoms with Crippen LogP contribution < -0.4 is 10.1 Å². The summed E-state index contributed by atoms with van der Waals surface area (Å²) in [7, 11) is 0. The van der Waals surface area contributed by atoms with Gasteiger partial charge in [-0.2, -0.15) is 13.2 Å². The standard InChI is InChI=1S/C23H15F3N2O2S/c24-23(25,26)17-6-4-5-16(13-17)21(29)28-22-27-20(14-31-22)15-9-11-19(12-10-15)30-18-7-2-1-3-8-18/h1-14H,(H,27,28,29). The maximum Gasteiger partial charge on any atom is 0.416 e. The summed E-state index contributed by atoms with van der Waals surface area (Å²) in [6.07, 6.45) is -4.51. The summed E-state index contributed by atoms with van der Waals surface area (Å²) in [5.74, 6) is 0.741. The third-order valence-corrected chi connectivity index (χ3v) is 5.06. The molecule has 4 nitrogen and oxygen atoms in total. The summed E-state index contributed by atoms with van der Waals surface area (Å²) in [4.78, 5) is 16.7. The van der Waals surface area contributed by atoms with Crippen LogP contribution in [0.5, 0.6) is 11.5 Å². The third-order valence-electron chi connectivity index (χ3n) is 4.31. The Balaban J connectivity index is 1.44. The quantitative estimate of drug-likeness (QED) is 0.368. The van der Waals surface area contributed by atoms with Crippen molar-refractivity contribution in [1.29, 1.82) is 0 Å². The Kier molecular flexibility index (Phi) is 5.73. The van der Waals surface area contributed by atoms with E-state index in [4.69, 9.17) is 4.74 Å². The number of carbonyl (C=O) groups is 1. The normalized spacial score (nSPS) is 11.2. The first-order valence-corrected chi connectivity index (χ1v) is 10.0. The SMILES string of the molecule is O=C(Nc1nc(-c2ccc(Oc3ccccc3)cc2)cs1)c1cccc(C(F)(F)F)c1. The topological polar surface area (TPSA) is 51.2 Å². The number of carbonyl (C=O) groups excluding carboxylic acids is 1. The van der Waals surface area contributed by atoms with Gasteiger partial charge in [0.25, 0.3) is 5.91 Å². The average Bonchev–Trinajstić information content (AvgIpc) is 3.23. The van der Waals surface area contributed by atoms with Crippen LogP contribution in [-0.4, -0.2) is 10.9 Å². The fraction of sp³-hybridized carbons (Fsp3) is 0.0435. The molecular weight excluding hydrogens is 425 g/mol. The van der Waals surface area contributed by atoms with Crippen LogP contribution >= 0.6 is 11.3 Å². The zero-order valence-corrected chi connectivity index (χ0v) is 16.7. The summed E-state index contributed by atoms with van der Waals surface area (Å²) in [5, 5.41) is 4.60. The summed E-state index contributed by atoms with van der Waals surface area (Å²) in [5.41, 5.74) is 0.485. The van der Waals surface area contributed by atoms with Crippen LogP contribution in [-0.2, 0) is 6.18 Å². The number of ether oxygens (including phenoxy) is 1. The number of nitrogens with one attached hydrogen (secondary N) is 1. The second kappa shape index (κ2) is 8.61. The highest BCUT2D eigenvalue weighted by atomic mass is 32.1. The van der Waals surface area contributed by atoms with Gasteiger partial charge in [0.2, 0.25) is 0 Å². The number of benzene rings is 3. The van der Waals surface area contributed by atoms with Crippen LogP contribution in [0.2, 0.25) is 0 Å². The molecule has 156 valence electrons. The molecule has 8 heteroatoms. The minimum Gasteiger partial charge on any atom is -0.457 e. The van der Waals surface area contributed by atoms with E-state index in [1.807, 2.05) is 54.6 Å². The first kappa shape index (κ1) is 20.6. The number of amides is 1. The zero-order valence-electron chi connectivity index (χ0n) is 15.9. The van der Waals surface area contributed by atoms with Gasteiger partial charge in [0.1, 0.15) is 11.5 Å². The van der Waals surface area contributed by atoms with Crippen molar-refractivity contribution in [1.82, 2.24) is 4.98 Å². The molecule has 1 N–H and O–H groups in total. The number of thiazole rings is 1. The lowest BCUT2D eigenvalue weighted by Crippen LogP contribution is -2.13. The number of halogens is 3. The maximum absolute atomic E-state index is 12.8. The smallest absolute Gasteiger partial charge is 0.416 e. The molecular formula is C23H15F3N2O2S. The molecule has 0 radical (unpaired) electrons. The van der Waals surface area contributed by atoms with Gasteiger partial charge in [-0.1, -0.05) is 24.3 Å². The van der Waals surface area contributed by atoms with Crippen molar-refractivity contribution in [3.63, 3.8) is 0 Å². The molecule has 4 rings (SSSR count). The molecule has 1 heterocycles. The highest BCUT2D eigenvalue weighted by Gasteiger charge is 2.30. The van der Waals surface area contributed by atoms with E-state index in [1.54, 1.807) is 5.38 Å². The van der Waals surface area contributed by atoms with Crippen LogP contribution in [0.25, 0.3) is 11.3 Å². The van der Waals surface area contributed by atoms with Crippen molar-refractivity contribution in [2.24, 2.45) is 0 Å². The first-order valence-electron chi connectivity index (χ1n) is 9.16. The van der Waals surface area contributed by atoms with Crippen molar-refractivity contribution >= 4 is 22.4 Å². The molecule has 0 aliphatic rings. The summed E-state index contributed by atoms with van der Waals surface area (Å²) in [6, 6.07) is 20.9. The predicted octanol–water partition coefficient (Wildman–Crippen LogP) is 6.87. The number of nitrogens with zero attached hydrogens (tertiary/aromatic N) is 1. The Morgan fingerprint density at radius 2 is 1.61 bits per heavy atom. The molecule has 0 aliphatic heterocycles. The van der Waals surface area contributed by atoms with Gasteiger partial charge in [0, 0.05) is 16.5 Å². The van der Waals surface area contributed by atoms with Crippen LogP contribution in [0, 0.1) is 0 Å². The number of alkyl halides is 3. The van der Waals surface area contributed by atoms with Crippen LogP contribution in [0.1, 0.15) is 15.9 Å². The Morgan fingerprint density at radius 1 is 0.903 bits per heavy atom. The van der Waals surface area contributed by atoms with Gasteiger partial charge in [-0.15, -0.1) is 11.3 Å². The number of aromatic nitrogens is 1. The van der Waals surface area contributed by atoms with Crippen LogP contribution in [0.15, 0.2) is 84.2 Å². The molecule has 0 saturated carbocycles.